The van der Waals surface area contributed by atoms with E-state index in [4.69, 9.17) is 4.74 Å². The Labute approximate surface area is 231 Å². The molecule has 0 aliphatic carbocycles. The van der Waals surface area contributed by atoms with Crippen LogP contribution in [0.15, 0.2) is 72.8 Å². The van der Waals surface area contributed by atoms with E-state index in [1.54, 1.807) is 17.8 Å². The van der Waals surface area contributed by atoms with Crippen LogP contribution in [0.4, 0.5) is 0 Å². The van der Waals surface area contributed by atoms with Gasteiger partial charge in [0.2, 0.25) is 0 Å². The van der Waals surface area contributed by atoms with Crippen LogP contribution < -0.4 is 24.2 Å². The molecule has 0 bridgehead atoms. The molecular formula is C29H34LiNO4S. The van der Waals surface area contributed by atoms with Gasteiger partial charge in [0.25, 0.3) is 5.91 Å². The van der Waals surface area contributed by atoms with Gasteiger partial charge in [-0.2, -0.15) is 11.8 Å². The van der Waals surface area contributed by atoms with Gasteiger partial charge in [-0.25, -0.2) is 4.79 Å². The number of hydrogen-bond donors (Lipinski definition) is 2. The number of thioether (sulfide) groups is 1. The van der Waals surface area contributed by atoms with Crippen molar-refractivity contribution >= 4 is 23.6 Å². The standard InChI is InChI=1S/C29H33NO4S.Li.H/c1-21-9-6-7-13-24(21)26-19-23(20-34-17-8-12-22-10-4-3-5-11-22)14-15-25(26)28(31)30-27(29(32)33)16-18-35-2;;/h3-7,9-11,13-15,19,27H,8,12,16-18,20H2,1-2H3,(H,30,31)(H,32,33);;/q;+1;-1/t27-;;/m0../s1. The third-order valence-corrected chi connectivity index (χ3v) is 6.49. The van der Waals surface area contributed by atoms with Gasteiger partial charge in [0, 0.05) is 12.2 Å². The minimum absolute atomic E-state index is 0. The van der Waals surface area contributed by atoms with E-state index >= 15 is 0 Å². The summed E-state index contributed by atoms with van der Waals surface area (Å²) in [4.78, 5) is 24.8. The summed E-state index contributed by atoms with van der Waals surface area (Å²) in [6.07, 6.45) is 4.19. The Hall–Kier alpha value is -2.49. The summed E-state index contributed by atoms with van der Waals surface area (Å²) in [6.45, 7) is 3.09. The predicted molar refractivity (Wildman–Crippen MR) is 144 cm³/mol. The van der Waals surface area contributed by atoms with E-state index < -0.39 is 12.0 Å². The van der Waals surface area contributed by atoms with E-state index in [0.717, 1.165) is 35.1 Å². The number of hydrogen-bond acceptors (Lipinski definition) is 4. The minimum atomic E-state index is -1.02. The molecule has 3 aromatic carbocycles. The van der Waals surface area contributed by atoms with Crippen LogP contribution in [0.2, 0.25) is 0 Å². The number of aryl methyl sites for hydroxylation is 2. The van der Waals surface area contributed by atoms with Crippen LogP contribution in [-0.4, -0.2) is 41.6 Å². The van der Waals surface area contributed by atoms with Crippen LogP contribution in [0.3, 0.4) is 0 Å². The molecule has 3 rings (SSSR count). The molecule has 0 saturated heterocycles. The van der Waals surface area contributed by atoms with Crippen LogP contribution in [0, 0.1) is 6.92 Å². The van der Waals surface area contributed by atoms with Crippen molar-refractivity contribution in [3.05, 3.63) is 95.1 Å². The number of carboxylic acid groups (broad SMARTS) is 1. The van der Waals surface area contributed by atoms with E-state index in [-0.39, 0.29) is 26.2 Å². The van der Waals surface area contributed by atoms with Gasteiger partial charge in [-0.05, 0) is 78.1 Å². The molecule has 36 heavy (non-hydrogen) atoms. The molecular weight excluding hydrogens is 465 g/mol. The van der Waals surface area contributed by atoms with Crippen LogP contribution in [0.1, 0.15) is 41.3 Å². The molecule has 3 aromatic rings. The summed E-state index contributed by atoms with van der Waals surface area (Å²) in [7, 11) is 0. The molecule has 0 fully saturated rings. The Morgan fingerprint density at radius 3 is 2.42 bits per heavy atom. The molecule has 2 N–H and O–H groups in total. The zero-order chi connectivity index (χ0) is 25.0. The monoisotopic (exact) mass is 499 g/mol. The number of amides is 1. The number of aliphatic carboxylic acids is 1. The zero-order valence-corrected chi connectivity index (χ0v) is 22.1. The van der Waals surface area contributed by atoms with Crippen molar-refractivity contribution < 1.29 is 39.7 Å². The molecule has 0 spiro atoms. The Balaban J connectivity index is 0.00000342. The zero-order valence-electron chi connectivity index (χ0n) is 22.3. The van der Waals surface area contributed by atoms with Gasteiger partial charge in [-0.15, -0.1) is 0 Å². The van der Waals surface area contributed by atoms with Crippen LogP contribution in [0.5, 0.6) is 0 Å². The third kappa shape index (κ3) is 8.87. The number of benzene rings is 3. The fraction of sp³-hybridized carbons (Fsp3) is 0.310. The summed E-state index contributed by atoms with van der Waals surface area (Å²) in [6, 6.07) is 22.9. The third-order valence-electron chi connectivity index (χ3n) is 5.84. The largest absolute Gasteiger partial charge is 1.00 e. The van der Waals surface area contributed by atoms with Crippen molar-refractivity contribution in [1.29, 1.82) is 0 Å². The number of carbonyl (C=O) groups is 2. The Bertz CT molecular complexity index is 1130. The maximum absolute atomic E-state index is 13.2. The first kappa shape index (κ1) is 29.7. The Morgan fingerprint density at radius 2 is 1.72 bits per heavy atom. The van der Waals surface area contributed by atoms with Gasteiger partial charge < -0.3 is 16.6 Å². The quantitative estimate of drug-likeness (QED) is 0.280. The van der Waals surface area contributed by atoms with Crippen molar-refractivity contribution in [2.45, 2.75) is 38.8 Å². The number of carbonyl (C=O) groups excluding carboxylic acids is 1. The van der Waals surface area contributed by atoms with Crippen molar-refractivity contribution in [1.82, 2.24) is 5.32 Å². The second-order valence-corrected chi connectivity index (χ2v) is 9.47. The molecule has 186 valence electrons. The van der Waals surface area contributed by atoms with Gasteiger partial charge in [0.15, 0.2) is 0 Å². The molecule has 7 heteroatoms. The van der Waals surface area contributed by atoms with Crippen LogP contribution >= 0.6 is 11.8 Å². The first-order chi connectivity index (χ1) is 17.0. The van der Waals surface area contributed by atoms with Gasteiger partial charge in [-0.3, -0.25) is 4.79 Å². The van der Waals surface area contributed by atoms with Crippen molar-refractivity contribution in [3.63, 3.8) is 0 Å². The smallest absolute Gasteiger partial charge is 1.00 e. The molecule has 0 aromatic heterocycles. The molecule has 0 aliphatic rings. The molecule has 0 radical (unpaired) electrons. The van der Waals surface area contributed by atoms with E-state index in [2.05, 4.69) is 17.4 Å². The van der Waals surface area contributed by atoms with Crippen molar-refractivity contribution in [2.75, 3.05) is 18.6 Å². The van der Waals surface area contributed by atoms with E-state index in [1.807, 2.05) is 67.8 Å². The molecule has 0 aliphatic heterocycles. The summed E-state index contributed by atoms with van der Waals surface area (Å²) < 4.78 is 5.92. The number of nitrogens with one attached hydrogen (secondary N) is 1. The molecule has 0 heterocycles. The molecule has 0 unspecified atom stereocenters. The molecule has 1 atom stereocenters. The second kappa shape index (κ2) is 15.6. The number of carboxylic acids is 1. The molecule has 1 amide bonds. The van der Waals surface area contributed by atoms with Crippen LogP contribution in [0.25, 0.3) is 11.1 Å². The van der Waals surface area contributed by atoms with Crippen LogP contribution in [-0.2, 0) is 22.6 Å². The number of ether oxygens (including phenoxy) is 1. The van der Waals surface area contributed by atoms with Crippen molar-refractivity contribution in [3.8, 4) is 11.1 Å². The Kier molecular flexibility index (Phi) is 12.9. The van der Waals surface area contributed by atoms with Gasteiger partial charge in [0.05, 0.1) is 6.61 Å². The summed E-state index contributed by atoms with van der Waals surface area (Å²) >= 11 is 1.56. The van der Waals surface area contributed by atoms with Crippen molar-refractivity contribution in [2.24, 2.45) is 0 Å². The second-order valence-electron chi connectivity index (χ2n) is 8.48. The summed E-state index contributed by atoms with van der Waals surface area (Å²) in [5.74, 6) is -0.750. The Morgan fingerprint density at radius 1 is 1.00 bits per heavy atom. The predicted octanol–water partition coefficient (Wildman–Crippen LogP) is 2.86. The summed E-state index contributed by atoms with van der Waals surface area (Å²) in [5.41, 5.74) is 5.49. The molecule has 0 saturated carbocycles. The fourth-order valence-corrected chi connectivity index (χ4v) is 4.39. The topological polar surface area (TPSA) is 75.6 Å². The SMILES string of the molecule is CSCC[C@H](NC(=O)c1ccc(COCCCc2ccccc2)cc1-c1ccccc1C)C(=O)O.[H-].[Li+]. The summed E-state index contributed by atoms with van der Waals surface area (Å²) in [5, 5.41) is 12.3. The number of rotatable bonds is 13. The van der Waals surface area contributed by atoms with E-state index in [1.165, 1.54) is 5.56 Å². The minimum Gasteiger partial charge on any atom is -1.00 e. The van der Waals surface area contributed by atoms with Gasteiger partial charge in [-0.1, -0.05) is 60.7 Å². The maximum Gasteiger partial charge on any atom is 1.00 e. The first-order valence-corrected chi connectivity index (χ1v) is 13.2. The molecule has 5 nitrogen and oxygen atoms in total. The van der Waals surface area contributed by atoms with Gasteiger partial charge in [0.1, 0.15) is 6.04 Å². The first-order valence-electron chi connectivity index (χ1n) is 11.8. The average molecular weight is 500 g/mol. The average Bonchev–Trinajstić information content (AvgIpc) is 2.87. The van der Waals surface area contributed by atoms with E-state index in [0.29, 0.717) is 31.0 Å². The van der Waals surface area contributed by atoms with Gasteiger partial charge >= 0.3 is 24.8 Å². The maximum atomic E-state index is 13.2. The van der Waals surface area contributed by atoms with E-state index in [9.17, 15) is 14.7 Å². The fourth-order valence-electron chi connectivity index (χ4n) is 3.92. The normalized spacial score (nSPS) is 11.4.